The van der Waals surface area contributed by atoms with Crippen LogP contribution in [0.4, 0.5) is 0 Å². The summed E-state index contributed by atoms with van der Waals surface area (Å²) in [6, 6.07) is 9.36. The molecular weight excluding hydrogens is 258 g/mol. The van der Waals surface area contributed by atoms with Crippen LogP contribution < -0.4 is 10.6 Å². The van der Waals surface area contributed by atoms with Gasteiger partial charge in [-0.25, -0.2) is 0 Å². The minimum Gasteiger partial charge on any atom is -0.383 e. The molecule has 0 spiro atoms. The molecule has 2 aromatic rings. The molecular formula is C14H17N3O3. The summed E-state index contributed by atoms with van der Waals surface area (Å²) in [5.41, 5.74) is 1.33. The molecule has 0 saturated carbocycles. The van der Waals surface area contributed by atoms with Gasteiger partial charge in [0.05, 0.1) is 13.2 Å². The van der Waals surface area contributed by atoms with E-state index in [0.717, 1.165) is 10.9 Å². The summed E-state index contributed by atoms with van der Waals surface area (Å²) in [6.45, 7) is 0.817. The van der Waals surface area contributed by atoms with Crippen LogP contribution in [0, 0.1) is 0 Å². The molecule has 3 N–H and O–H groups in total. The molecule has 0 fully saturated rings. The number of hydrogen-bond acceptors (Lipinski definition) is 3. The lowest BCUT2D eigenvalue weighted by atomic mass is 10.2. The highest BCUT2D eigenvalue weighted by molar-refractivity contribution is 5.99. The summed E-state index contributed by atoms with van der Waals surface area (Å²) in [7, 11) is 1.56. The van der Waals surface area contributed by atoms with Crippen LogP contribution >= 0.6 is 0 Å². The minimum absolute atomic E-state index is 0.0576. The zero-order chi connectivity index (χ0) is 14.4. The summed E-state index contributed by atoms with van der Waals surface area (Å²) in [5.74, 6) is -0.547. The molecule has 1 aromatic carbocycles. The van der Waals surface area contributed by atoms with Crippen molar-refractivity contribution in [2.24, 2.45) is 0 Å². The van der Waals surface area contributed by atoms with E-state index in [1.165, 1.54) is 0 Å². The Kier molecular flexibility index (Phi) is 4.73. The van der Waals surface area contributed by atoms with Crippen molar-refractivity contribution in [1.82, 2.24) is 15.6 Å². The molecule has 0 aliphatic heterocycles. The van der Waals surface area contributed by atoms with E-state index in [2.05, 4.69) is 15.6 Å². The predicted octanol–water partition coefficient (Wildman–Crippen LogP) is 0.660. The van der Waals surface area contributed by atoms with Crippen molar-refractivity contribution < 1.29 is 14.3 Å². The maximum Gasteiger partial charge on any atom is 0.268 e. The van der Waals surface area contributed by atoms with Crippen LogP contribution in [0.15, 0.2) is 30.3 Å². The maximum absolute atomic E-state index is 11.9. The molecule has 2 amide bonds. The Morgan fingerprint density at radius 1 is 1.25 bits per heavy atom. The molecule has 0 radical (unpaired) electrons. The minimum atomic E-state index is -0.303. The van der Waals surface area contributed by atoms with Crippen molar-refractivity contribution in [2.75, 3.05) is 26.8 Å². The highest BCUT2D eigenvalue weighted by atomic mass is 16.5. The van der Waals surface area contributed by atoms with E-state index >= 15 is 0 Å². The Balaban J connectivity index is 1.87. The number of para-hydroxylation sites is 1. The molecule has 6 nitrogen and oxygen atoms in total. The molecule has 6 heteroatoms. The number of carbonyl (C=O) groups is 2. The summed E-state index contributed by atoms with van der Waals surface area (Å²) >= 11 is 0. The number of H-pyrrole nitrogens is 1. The van der Waals surface area contributed by atoms with E-state index in [1.54, 1.807) is 13.2 Å². The molecule has 2 rings (SSSR count). The Morgan fingerprint density at radius 2 is 2.05 bits per heavy atom. The SMILES string of the molecule is COCCNC(=O)CNC(=O)c1cc2ccccc2[nH]1. The van der Waals surface area contributed by atoms with Gasteiger partial charge in [-0.15, -0.1) is 0 Å². The van der Waals surface area contributed by atoms with Gasteiger partial charge in [0, 0.05) is 24.6 Å². The number of rotatable bonds is 6. The van der Waals surface area contributed by atoms with E-state index in [4.69, 9.17) is 4.74 Å². The average Bonchev–Trinajstić information content (AvgIpc) is 2.89. The number of amides is 2. The predicted molar refractivity (Wildman–Crippen MR) is 75.5 cm³/mol. The van der Waals surface area contributed by atoms with E-state index in [9.17, 15) is 9.59 Å². The van der Waals surface area contributed by atoms with Crippen LogP contribution in [-0.2, 0) is 9.53 Å². The molecule has 0 unspecified atom stereocenters. The van der Waals surface area contributed by atoms with Crippen molar-refractivity contribution in [3.8, 4) is 0 Å². The van der Waals surface area contributed by atoms with Gasteiger partial charge in [0.25, 0.3) is 5.91 Å². The van der Waals surface area contributed by atoms with Gasteiger partial charge in [0.2, 0.25) is 5.91 Å². The molecule has 0 bridgehead atoms. The van der Waals surface area contributed by atoms with Gasteiger partial charge in [-0.2, -0.15) is 0 Å². The molecule has 0 saturated heterocycles. The fourth-order valence-corrected chi connectivity index (χ4v) is 1.81. The van der Waals surface area contributed by atoms with Gasteiger partial charge in [0.1, 0.15) is 5.69 Å². The Morgan fingerprint density at radius 3 is 2.80 bits per heavy atom. The number of ether oxygens (including phenoxy) is 1. The van der Waals surface area contributed by atoms with E-state index < -0.39 is 0 Å². The van der Waals surface area contributed by atoms with Crippen LogP contribution in [-0.4, -0.2) is 43.6 Å². The number of hydrogen-bond donors (Lipinski definition) is 3. The number of methoxy groups -OCH3 is 1. The molecule has 20 heavy (non-hydrogen) atoms. The second kappa shape index (κ2) is 6.72. The monoisotopic (exact) mass is 275 g/mol. The average molecular weight is 275 g/mol. The largest absolute Gasteiger partial charge is 0.383 e. The fourth-order valence-electron chi connectivity index (χ4n) is 1.81. The lowest BCUT2D eigenvalue weighted by Crippen LogP contribution is -2.38. The Hall–Kier alpha value is -2.34. The quantitative estimate of drug-likeness (QED) is 0.677. The van der Waals surface area contributed by atoms with Crippen LogP contribution in [0.5, 0.6) is 0 Å². The van der Waals surface area contributed by atoms with Crippen molar-refractivity contribution in [1.29, 1.82) is 0 Å². The van der Waals surface area contributed by atoms with Crippen LogP contribution in [0.25, 0.3) is 10.9 Å². The fraction of sp³-hybridized carbons (Fsp3) is 0.286. The number of fused-ring (bicyclic) bond motifs is 1. The van der Waals surface area contributed by atoms with Gasteiger partial charge >= 0.3 is 0 Å². The van der Waals surface area contributed by atoms with E-state index in [0.29, 0.717) is 18.8 Å². The number of aromatic nitrogens is 1. The Labute approximate surface area is 116 Å². The van der Waals surface area contributed by atoms with Gasteiger partial charge in [-0.3, -0.25) is 9.59 Å². The zero-order valence-corrected chi connectivity index (χ0v) is 11.2. The third-order valence-corrected chi connectivity index (χ3v) is 2.81. The van der Waals surface area contributed by atoms with Gasteiger partial charge in [-0.05, 0) is 12.1 Å². The highest BCUT2D eigenvalue weighted by Crippen LogP contribution is 2.14. The molecule has 0 aliphatic carbocycles. The lowest BCUT2D eigenvalue weighted by molar-refractivity contribution is -0.120. The van der Waals surface area contributed by atoms with Gasteiger partial charge in [0.15, 0.2) is 0 Å². The summed E-state index contributed by atoms with van der Waals surface area (Å²) in [5, 5.41) is 6.15. The molecule has 0 atom stereocenters. The van der Waals surface area contributed by atoms with E-state index in [1.807, 2.05) is 24.3 Å². The van der Waals surface area contributed by atoms with E-state index in [-0.39, 0.29) is 18.4 Å². The first-order valence-corrected chi connectivity index (χ1v) is 6.32. The first-order valence-electron chi connectivity index (χ1n) is 6.32. The first kappa shape index (κ1) is 14.1. The summed E-state index contributed by atoms with van der Waals surface area (Å²) < 4.78 is 4.81. The van der Waals surface area contributed by atoms with Crippen molar-refractivity contribution >= 4 is 22.7 Å². The topological polar surface area (TPSA) is 83.2 Å². The number of aromatic amines is 1. The van der Waals surface area contributed by atoms with Crippen molar-refractivity contribution in [3.63, 3.8) is 0 Å². The third kappa shape index (κ3) is 3.58. The number of carbonyl (C=O) groups excluding carboxylic acids is 2. The molecule has 1 aromatic heterocycles. The van der Waals surface area contributed by atoms with Crippen LogP contribution in [0.3, 0.4) is 0 Å². The second-order valence-electron chi connectivity index (χ2n) is 4.30. The van der Waals surface area contributed by atoms with Crippen LogP contribution in [0.1, 0.15) is 10.5 Å². The molecule has 106 valence electrons. The normalized spacial score (nSPS) is 10.4. The maximum atomic E-state index is 11.9. The van der Waals surface area contributed by atoms with Gasteiger partial charge < -0.3 is 20.4 Å². The van der Waals surface area contributed by atoms with Crippen molar-refractivity contribution in [3.05, 3.63) is 36.0 Å². The summed E-state index contributed by atoms with van der Waals surface area (Å²) in [4.78, 5) is 26.3. The first-order chi connectivity index (χ1) is 9.70. The second-order valence-corrected chi connectivity index (χ2v) is 4.30. The zero-order valence-electron chi connectivity index (χ0n) is 11.2. The Bertz CT molecular complexity index is 573. The van der Waals surface area contributed by atoms with Crippen LogP contribution in [0.2, 0.25) is 0 Å². The van der Waals surface area contributed by atoms with Gasteiger partial charge in [-0.1, -0.05) is 18.2 Å². The number of benzene rings is 1. The third-order valence-electron chi connectivity index (χ3n) is 2.81. The molecule has 0 aliphatic rings. The molecule has 1 heterocycles. The highest BCUT2D eigenvalue weighted by Gasteiger charge is 2.10. The standard InChI is InChI=1S/C14H17N3O3/c1-20-7-6-15-13(18)9-16-14(19)12-8-10-4-2-3-5-11(10)17-12/h2-5,8,17H,6-7,9H2,1H3,(H,15,18)(H,16,19). The van der Waals surface area contributed by atoms with Crippen molar-refractivity contribution in [2.45, 2.75) is 0 Å². The smallest absolute Gasteiger partial charge is 0.268 e. The number of nitrogens with one attached hydrogen (secondary N) is 3. The summed E-state index contributed by atoms with van der Waals surface area (Å²) in [6.07, 6.45) is 0. The lowest BCUT2D eigenvalue weighted by Gasteiger charge is -2.05.